The van der Waals surface area contributed by atoms with Crippen LogP contribution in [0.25, 0.3) is 0 Å². The molecule has 98 valence electrons. The number of rotatable bonds is 6. The van der Waals surface area contributed by atoms with Gasteiger partial charge < -0.3 is 26.6 Å². The number of aliphatic hydroxyl groups excluding tert-OH is 1. The first kappa shape index (κ1) is 15.3. The first-order valence-electron chi connectivity index (χ1n) is 4.99. The van der Waals surface area contributed by atoms with Crippen LogP contribution in [0.5, 0.6) is 0 Å². The van der Waals surface area contributed by atoms with E-state index in [0.717, 1.165) is 0 Å². The average Bonchev–Trinajstić information content (AvgIpc) is 2.21. The monoisotopic (exact) mass is 247 g/mol. The number of nitrogens with one attached hydrogen (secondary N) is 2. The fraction of sp³-hybridized carbons (Fsp3) is 0.667. The van der Waals surface area contributed by atoms with E-state index < -0.39 is 42.5 Å². The molecular formula is C9H17N3O5. The summed E-state index contributed by atoms with van der Waals surface area (Å²) in [4.78, 5) is 33.0. The standard InChI is InChI=1S/C9H17N3O5/c1-4(10)8(16)12-7(5(2)13)9(17)11-3-6(14)15/h4-5,7,13H,3,10H2,1-2H3,(H,11,17)(H,12,16)(H,14,15)/t4-,5+,7-/m0/s1. The van der Waals surface area contributed by atoms with Crippen LogP contribution < -0.4 is 16.4 Å². The number of nitrogens with two attached hydrogens (primary N) is 1. The van der Waals surface area contributed by atoms with Crippen molar-refractivity contribution in [3.63, 3.8) is 0 Å². The van der Waals surface area contributed by atoms with Gasteiger partial charge in [-0.3, -0.25) is 14.4 Å². The van der Waals surface area contributed by atoms with Crippen molar-refractivity contribution in [2.75, 3.05) is 6.54 Å². The average molecular weight is 247 g/mol. The predicted octanol–water partition coefficient (Wildman–Crippen LogP) is -2.60. The molecule has 0 saturated carbocycles. The summed E-state index contributed by atoms with van der Waals surface area (Å²) >= 11 is 0. The summed E-state index contributed by atoms with van der Waals surface area (Å²) in [5, 5.41) is 22.0. The van der Waals surface area contributed by atoms with E-state index in [1.54, 1.807) is 0 Å². The molecular weight excluding hydrogens is 230 g/mol. The Balaban J connectivity index is 4.47. The lowest BCUT2D eigenvalue weighted by molar-refractivity contribution is -0.139. The van der Waals surface area contributed by atoms with E-state index in [-0.39, 0.29) is 0 Å². The van der Waals surface area contributed by atoms with Gasteiger partial charge in [0.15, 0.2) is 0 Å². The molecule has 0 heterocycles. The number of amides is 2. The lowest BCUT2D eigenvalue weighted by atomic mass is 10.1. The highest BCUT2D eigenvalue weighted by Gasteiger charge is 2.26. The Bertz CT molecular complexity index is 303. The third kappa shape index (κ3) is 5.83. The lowest BCUT2D eigenvalue weighted by Crippen LogP contribution is -2.55. The highest BCUT2D eigenvalue weighted by atomic mass is 16.4. The fourth-order valence-electron chi connectivity index (χ4n) is 0.963. The Kier molecular flexibility index (Phi) is 6.15. The number of hydrogen-bond acceptors (Lipinski definition) is 5. The molecule has 3 atom stereocenters. The maximum absolute atomic E-state index is 11.5. The third-order valence-electron chi connectivity index (χ3n) is 1.89. The highest BCUT2D eigenvalue weighted by Crippen LogP contribution is 1.94. The van der Waals surface area contributed by atoms with Crippen molar-refractivity contribution in [2.24, 2.45) is 5.73 Å². The number of aliphatic carboxylic acids is 1. The summed E-state index contributed by atoms with van der Waals surface area (Å²) in [6.07, 6.45) is -1.16. The van der Waals surface area contributed by atoms with Crippen LogP contribution in [-0.4, -0.2) is 52.7 Å². The second kappa shape index (κ2) is 6.81. The topological polar surface area (TPSA) is 142 Å². The minimum atomic E-state index is -1.23. The molecule has 0 aromatic carbocycles. The van der Waals surface area contributed by atoms with Gasteiger partial charge in [0.25, 0.3) is 0 Å². The van der Waals surface area contributed by atoms with E-state index in [1.807, 2.05) is 0 Å². The number of carboxylic acid groups (broad SMARTS) is 1. The zero-order valence-electron chi connectivity index (χ0n) is 9.64. The highest BCUT2D eigenvalue weighted by molar-refractivity contribution is 5.91. The van der Waals surface area contributed by atoms with Crippen molar-refractivity contribution < 1.29 is 24.6 Å². The van der Waals surface area contributed by atoms with E-state index in [2.05, 4.69) is 10.6 Å². The molecule has 8 heteroatoms. The maximum atomic E-state index is 11.5. The first-order valence-corrected chi connectivity index (χ1v) is 4.99. The van der Waals surface area contributed by atoms with Crippen molar-refractivity contribution in [3.8, 4) is 0 Å². The normalized spacial score (nSPS) is 15.5. The van der Waals surface area contributed by atoms with Gasteiger partial charge in [0.2, 0.25) is 11.8 Å². The van der Waals surface area contributed by atoms with Crippen LogP contribution in [0.15, 0.2) is 0 Å². The smallest absolute Gasteiger partial charge is 0.322 e. The van der Waals surface area contributed by atoms with Gasteiger partial charge >= 0.3 is 5.97 Å². The van der Waals surface area contributed by atoms with E-state index in [4.69, 9.17) is 10.8 Å². The largest absolute Gasteiger partial charge is 0.480 e. The fourth-order valence-corrected chi connectivity index (χ4v) is 0.963. The van der Waals surface area contributed by atoms with Crippen LogP contribution in [0.4, 0.5) is 0 Å². The molecule has 0 rings (SSSR count). The molecule has 0 aromatic rings. The number of carbonyl (C=O) groups is 3. The van der Waals surface area contributed by atoms with E-state index in [0.29, 0.717) is 0 Å². The summed E-state index contributed by atoms with van der Waals surface area (Å²) in [6.45, 7) is 2.13. The molecule has 0 saturated heterocycles. The van der Waals surface area contributed by atoms with Crippen LogP contribution in [0.1, 0.15) is 13.8 Å². The summed E-state index contributed by atoms with van der Waals surface area (Å²) in [6, 6.07) is -2.06. The maximum Gasteiger partial charge on any atom is 0.322 e. The Labute approximate surface area is 98.2 Å². The molecule has 0 unspecified atom stereocenters. The predicted molar refractivity (Wildman–Crippen MR) is 57.9 cm³/mol. The molecule has 0 aliphatic rings. The minimum absolute atomic E-state index is 0.587. The number of carbonyl (C=O) groups excluding carboxylic acids is 2. The Morgan fingerprint density at radius 2 is 1.76 bits per heavy atom. The molecule has 0 bridgehead atoms. The number of carboxylic acids is 1. The van der Waals surface area contributed by atoms with E-state index >= 15 is 0 Å². The van der Waals surface area contributed by atoms with Crippen molar-refractivity contribution in [1.82, 2.24) is 10.6 Å². The second-order valence-corrected chi connectivity index (χ2v) is 3.63. The summed E-state index contributed by atoms with van der Waals surface area (Å²) in [5.74, 6) is -2.61. The van der Waals surface area contributed by atoms with Gasteiger partial charge in [0, 0.05) is 0 Å². The van der Waals surface area contributed by atoms with Crippen LogP contribution in [0.2, 0.25) is 0 Å². The number of aliphatic hydroxyl groups is 1. The van der Waals surface area contributed by atoms with E-state index in [1.165, 1.54) is 13.8 Å². The minimum Gasteiger partial charge on any atom is -0.480 e. The van der Waals surface area contributed by atoms with Crippen LogP contribution in [0, 0.1) is 0 Å². The van der Waals surface area contributed by atoms with Gasteiger partial charge in [-0.2, -0.15) is 0 Å². The Morgan fingerprint density at radius 3 is 2.12 bits per heavy atom. The van der Waals surface area contributed by atoms with Gasteiger partial charge in [-0.1, -0.05) is 0 Å². The second-order valence-electron chi connectivity index (χ2n) is 3.63. The van der Waals surface area contributed by atoms with Crippen molar-refractivity contribution in [2.45, 2.75) is 32.0 Å². The molecule has 0 aliphatic heterocycles. The Morgan fingerprint density at radius 1 is 1.24 bits per heavy atom. The first-order chi connectivity index (χ1) is 7.75. The summed E-state index contributed by atoms with van der Waals surface area (Å²) < 4.78 is 0. The van der Waals surface area contributed by atoms with Gasteiger partial charge in [0.05, 0.1) is 12.1 Å². The Hall–Kier alpha value is -1.67. The molecule has 0 fully saturated rings. The molecule has 17 heavy (non-hydrogen) atoms. The summed E-state index contributed by atoms with van der Waals surface area (Å²) in [5.41, 5.74) is 5.29. The number of hydrogen-bond donors (Lipinski definition) is 5. The molecule has 8 nitrogen and oxygen atoms in total. The van der Waals surface area contributed by atoms with Gasteiger partial charge in [-0.05, 0) is 13.8 Å². The molecule has 0 radical (unpaired) electrons. The summed E-state index contributed by atoms with van der Waals surface area (Å²) in [7, 11) is 0. The zero-order chi connectivity index (χ0) is 13.6. The molecule has 2 amide bonds. The van der Waals surface area contributed by atoms with E-state index in [9.17, 15) is 19.5 Å². The molecule has 0 aliphatic carbocycles. The lowest BCUT2D eigenvalue weighted by Gasteiger charge is -2.21. The quantitative estimate of drug-likeness (QED) is 0.348. The van der Waals surface area contributed by atoms with Crippen LogP contribution in [-0.2, 0) is 14.4 Å². The SMILES string of the molecule is C[C@H](N)C(=O)N[C@H](C(=O)NCC(=O)O)[C@@H](C)O. The zero-order valence-corrected chi connectivity index (χ0v) is 9.64. The van der Waals surface area contributed by atoms with Crippen molar-refractivity contribution in [1.29, 1.82) is 0 Å². The van der Waals surface area contributed by atoms with Crippen LogP contribution >= 0.6 is 0 Å². The molecule has 0 spiro atoms. The third-order valence-corrected chi connectivity index (χ3v) is 1.89. The van der Waals surface area contributed by atoms with Gasteiger partial charge in [-0.25, -0.2) is 0 Å². The molecule has 0 aromatic heterocycles. The van der Waals surface area contributed by atoms with Crippen LogP contribution in [0.3, 0.4) is 0 Å². The van der Waals surface area contributed by atoms with Gasteiger partial charge in [-0.15, -0.1) is 0 Å². The van der Waals surface area contributed by atoms with Crippen molar-refractivity contribution in [3.05, 3.63) is 0 Å². The van der Waals surface area contributed by atoms with Gasteiger partial charge in [0.1, 0.15) is 12.6 Å². The van der Waals surface area contributed by atoms with Crippen molar-refractivity contribution >= 4 is 17.8 Å². The molecule has 6 N–H and O–H groups in total.